The predicted molar refractivity (Wildman–Crippen MR) is 99.4 cm³/mol. The van der Waals surface area contributed by atoms with Gasteiger partial charge >= 0.3 is 5.97 Å². The summed E-state index contributed by atoms with van der Waals surface area (Å²) in [6.07, 6.45) is 0.739. The highest BCUT2D eigenvalue weighted by Gasteiger charge is 2.16. The third-order valence-electron chi connectivity index (χ3n) is 4.46. The average molecular weight is 370 g/mol. The van der Waals surface area contributed by atoms with Gasteiger partial charge in [-0.05, 0) is 48.7 Å². The van der Waals surface area contributed by atoms with Crippen molar-refractivity contribution in [2.45, 2.75) is 19.8 Å². The number of phenolic OH excluding ortho intramolecular Hbond substituents is 1. The van der Waals surface area contributed by atoms with Gasteiger partial charge in [0.15, 0.2) is 0 Å². The molecule has 140 valence electrons. The van der Waals surface area contributed by atoms with Crippen LogP contribution in [0.15, 0.2) is 42.5 Å². The number of carboxylic acid groups (broad SMARTS) is 1. The summed E-state index contributed by atoms with van der Waals surface area (Å²) >= 11 is 0. The van der Waals surface area contributed by atoms with E-state index in [1.807, 2.05) is 0 Å². The van der Waals surface area contributed by atoms with Gasteiger partial charge in [-0.2, -0.15) is 0 Å². The van der Waals surface area contributed by atoms with Crippen molar-refractivity contribution in [1.29, 1.82) is 0 Å². The number of benzene rings is 2. The molecule has 1 amide bonds. The summed E-state index contributed by atoms with van der Waals surface area (Å²) in [7, 11) is 0. The molecule has 1 heterocycles. The van der Waals surface area contributed by atoms with Crippen LogP contribution in [0.5, 0.6) is 5.75 Å². The van der Waals surface area contributed by atoms with Crippen LogP contribution in [-0.2, 0) is 11.2 Å². The van der Waals surface area contributed by atoms with Gasteiger partial charge < -0.3 is 20.5 Å². The highest BCUT2D eigenvalue weighted by molar-refractivity contribution is 6.06. The maximum Gasteiger partial charge on any atom is 0.306 e. The second kappa shape index (κ2) is 7.49. The van der Waals surface area contributed by atoms with Crippen LogP contribution < -0.4 is 5.32 Å². The van der Waals surface area contributed by atoms with Gasteiger partial charge in [0, 0.05) is 10.9 Å². The fraction of sp³-hybridized carbons (Fsp3) is 0.200. The number of aromatic amines is 1. The lowest BCUT2D eigenvalue weighted by Gasteiger charge is -2.12. The van der Waals surface area contributed by atoms with Crippen molar-refractivity contribution in [2.24, 2.45) is 5.92 Å². The Kier molecular flexibility index (Phi) is 5.12. The number of aliphatic carboxylic acids is 1. The molecular formula is C20H19FN2O4. The number of fused-ring (bicyclic) bond motifs is 1. The molecule has 4 N–H and O–H groups in total. The third-order valence-corrected chi connectivity index (χ3v) is 4.46. The van der Waals surface area contributed by atoms with Crippen molar-refractivity contribution < 1.29 is 24.2 Å². The molecule has 0 radical (unpaired) electrons. The van der Waals surface area contributed by atoms with Crippen LogP contribution in [0.25, 0.3) is 10.9 Å². The number of nitrogens with one attached hydrogen (secondary N) is 2. The molecule has 0 aliphatic rings. The molecule has 0 spiro atoms. The van der Waals surface area contributed by atoms with Crippen molar-refractivity contribution in [1.82, 2.24) is 4.98 Å². The Bertz CT molecular complexity index is 1010. The second-order valence-electron chi connectivity index (χ2n) is 6.46. The number of phenols is 1. The van der Waals surface area contributed by atoms with E-state index in [1.54, 1.807) is 31.2 Å². The van der Waals surface area contributed by atoms with Gasteiger partial charge in [-0.3, -0.25) is 9.59 Å². The number of carbonyl (C=O) groups excluding carboxylic acids is 1. The van der Waals surface area contributed by atoms with E-state index in [1.165, 1.54) is 18.2 Å². The molecule has 2 aromatic carbocycles. The van der Waals surface area contributed by atoms with Gasteiger partial charge in [-0.15, -0.1) is 0 Å². The topological polar surface area (TPSA) is 102 Å². The predicted octanol–water partition coefficient (Wildman–Crippen LogP) is 3.92. The molecule has 27 heavy (non-hydrogen) atoms. The Labute approximate surface area is 154 Å². The lowest BCUT2D eigenvalue weighted by molar-refractivity contribution is -0.141. The van der Waals surface area contributed by atoms with Crippen LogP contribution in [-0.4, -0.2) is 27.1 Å². The van der Waals surface area contributed by atoms with Crippen LogP contribution in [0, 0.1) is 11.7 Å². The molecule has 3 rings (SSSR count). The number of aromatic hydroxyl groups is 1. The lowest BCUT2D eigenvalue weighted by atomic mass is 10.00. The first-order chi connectivity index (χ1) is 12.8. The Morgan fingerprint density at radius 1 is 1.22 bits per heavy atom. The normalized spacial score (nSPS) is 12.1. The minimum atomic E-state index is -0.894. The first-order valence-electron chi connectivity index (χ1n) is 8.48. The lowest BCUT2D eigenvalue weighted by Crippen LogP contribution is -2.13. The Hall–Kier alpha value is -3.35. The number of aryl methyl sites for hydroxylation is 1. The van der Waals surface area contributed by atoms with E-state index < -0.39 is 23.6 Å². The average Bonchev–Trinajstić information content (AvgIpc) is 3.05. The SMILES string of the molecule is C[C@H](CCc1cccc(NC(=O)c2cc3cc(F)ccc3[nH]2)c1O)C(=O)O. The van der Waals surface area contributed by atoms with E-state index >= 15 is 0 Å². The van der Waals surface area contributed by atoms with E-state index in [0.717, 1.165) is 0 Å². The first kappa shape index (κ1) is 18.4. The Morgan fingerprint density at radius 3 is 2.74 bits per heavy atom. The summed E-state index contributed by atoms with van der Waals surface area (Å²) in [5.41, 5.74) is 1.65. The quantitative estimate of drug-likeness (QED) is 0.494. The minimum absolute atomic E-state index is 0.0920. The molecule has 0 aliphatic carbocycles. The minimum Gasteiger partial charge on any atom is -0.505 e. The van der Waals surface area contributed by atoms with Crippen LogP contribution >= 0.6 is 0 Å². The third kappa shape index (κ3) is 4.08. The zero-order valence-electron chi connectivity index (χ0n) is 14.6. The van der Waals surface area contributed by atoms with Crippen LogP contribution in [0.4, 0.5) is 10.1 Å². The van der Waals surface area contributed by atoms with Crippen molar-refractivity contribution in [3.05, 3.63) is 59.5 Å². The molecule has 6 nitrogen and oxygen atoms in total. The molecule has 0 fully saturated rings. The number of carbonyl (C=O) groups is 2. The van der Waals surface area contributed by atoms with E-state index in [-0.39, 0.29) is 17.1 Å². The number of H-pyrrole nitrogens is 1. The number of para-hydroxylation sites is 1. The molecule has 0 aliphatic heterocycles. The second-order valence-corrected chi connectivity index (χ2v) is 6.46. The Balaban J connectivity index is 1.77. The molecule has 0 saturated heterocycles. The smallest absolute Gasteiger partial charge is 0.306 e. The number of rotatable bonds is 6. The molecule has 1 atom stereocenters. The van der Waals surface area contributed by atoms with Crippen molar-refractivity contribution in [3.8, 4) is 5.75 Å². The summed E-state index contributed by atoms with van der Waals surface area (Å²) in [6, 6.07) is 10.6. The van der Waals surface area contributed by atoms with Crippen molar-refractivity contribution in [2.75, 3.05) is 5.32 Å². The van der Waals surface area contributed by atoms with Gasteiger partial charge in [-0.25, -0.2) is 4.39 Å². The van der Waals surface area contributed by atoms with Crippen LogP contribution in [0.3, 0.4) is 0 Å². The zero-order valence-corrected chi connectivity index (χ0v) is 14.6. The number of hydrogen-bond donors (Lipinski definition) is 4. The highest BCUT2D eigenvalue weighted by atomic mass is 19.1. The van der Waals surface area contributed by atoms with E-state index in [2.05, 4.69) is 10.3 Å². The van der Waals surface area contributed by atoms with E-state index in [4.69, 9.17) is 5.11 Å². The fourth-order valence-corrected chi connectivity index (χ4v) is 2.80. The van der Waals surface area contributed by atoms with Crippen molar-refractivity contribution >= 4 is 28.5 Å². The molecule has 0 unspecified atom stereocenters. The fourth-order valence-electron chi connectivity index (χ4n) is 2.80. The standard InChI is InChI=1S/C20H19FN2O4/c1-11(20(26)27)5-6-12-3-2-4-16(18(12)24)23-19(25)17-10-13-9-14(21)7-8-15(13)22-17/h2-4,7-11,22,24H,5-6H2,1H3,(H,23,25)(H,26,27)/t11-/m1/s1. The van der Waals surface area contributed by atoms with E-state index in [9.17, 15) is 19.1 Å². The molecular weight excluding hydrogens is 351 g/mol. The molecule has 7 heteroatoms. The maximum atomic E-state index is 13.3. The summed E-state index contributed by atoms with van der Waals surface area (Å²) in [5.74, 6) is -2.39. The molecule has 0 bridgehead atoms. The van der Waals surface area contributed by atoms with Crippen molar-refractivity contribution in [3.63, 3.8) is 0 Å². The summed E-state index contributed by atoms with van der Waals surface area (Å²) in [6.45, 7) is 1.60. The maximum absolute atomic E-state index is 13.3. The van der Waals surface area contributed by atoms with Crippen LogP contribution in [0.2, 0.25) is 0 Å². The highest BCUT2D eigenvalue weighted by Crippen LogP contribution is 2.30. The van der Waals surface area contributed by atoms with E-state index in [0.29, 0.717) is 29.3 Å². The largest absolute Gasteiger partial charge is 0.505 e. The first-order valence-corrected chi connectivity index (χ1v) is 8.48. The monoisotopic (exact) mass is 370 g/mol. The zero-order chi connectivity index (χ0) is 19.6. The molecule has 0 saturated carbocycles. The molecule has 3 aromatic rings. The number of amides is 1. The summed E-state index contributed by atoms with van der Waals surface area (Å²) < 4.78 is 13.3. The summed E-state index contributed by atoms with van der Waals surface area (Å²) in [4.78, 5) is 26.3. The molecule has 1 aromatic heterocycles. The number of halogens is 1. The Morgan fingerprint density at radius 2 is 2.00 bits per heavy atom. The van der Waals surface area contributed by atoms with Gasteiger partial charge in [0.1, 0.15) is 17.3 Å². The van der Waals surface area contributed by atoms with Gasteiger partial charge in [-0.1, -0.05) is 19.1 Å². The number of anilines is 1. The number of aromatic nitrogens is 1. The number of carboxylic acids is 1. The van der Waals surface area contributed by atoms with Gasteiger partial charge in [0.25, 0.3) is 5.91 Å². The van der Waals surface area contributed by atoms with Crippen LogP contribution in [0.1, 0.15) is 29.4 Å². The summed E-state index contributed by atoms with van der Waals surface area (Å²) in [5, 5.41) is 22.5. The van der Waals surface area contributed by atoms with Gasteiger partial charge in [0.05, 0.1) is 11.6 Å². The number of hydrogen-bond acceptors (Lipinski definition) is 3. The van der Waals surface area contributed by atoms with Gasteiger partial charge in [0.2, 0.25) is 0 Å².